The molecule has 2 unspecified atom stereocenters. The number of H-pyrrole nitrogens is 1. The van der Waals surface area contributed by atoms with E-state index in [4.69, 9.17) is 21.1 Å². The fourth-order valence-electron chi connectivity index (χ4n) is 4.68. The topological polar surface area (TPSA) is 89.1 Å². The summed E-state index contributed by atoms with van der Waals surface area (Å²) in [6.45, 7) is 0.622. The van der Waals surface area contributed by atoms with Crippen LogP contribution in [-0.4, -0.2) is 47.0 Å². The van der Waals surface area contributed by atoms with Crippen molar-refractivity contribution in [1.29, 1.82) is 0 Å². The van der Waals surface area contributed by atoms with Gasteiger partial charge < -0.3 is 14.8 Å². The van der Waals surface area contributed by atoms with Crippen molar-refractivity contribution in [3.8, 4) is 22.5 Å². The second-order valence-corrected chi connectivity index (χ2v) is 10.2. The van der Waals surface area contributed by atoms with Crippen molar-refractivity contribution in [3.63, 3.8) is 0 Å². The maximum absolute atomic E-state index is 15.3. The highest BCUT2D eigenvalue weighted by Gasteiger charge is 2.27. The van der Waals surface area contributed by atoms with E-state index in [0.717, 1.165) is 16.8 Å². The third kappa shape index (κ3) is 7.28. The predicted octanol–water partition coefficient (Wildman–Crippen LogP) is 6.50. The van der Waals surface area contributed by atoms with E-state index in [1.165, 1.54) is 12.1 Å². The van der Waals surface area contributed by atoms with Crippen LogP contribution in [0.15, 0.2) is 103 Å². The average Bonchev–Trinajstić information content (AvgIpc) is 3.50. The molecule has 3 aromatic carbocycles. The Labute approximate surface area is 248 Å². The molecule has 0 spiro atoms. The monoisotopic (exact) mass is 584 g/mol. The molecule has 2 N–H and O–H groups in total. The number of nitrogens with zero attached hydrogens (tertiary/aromatic N) is 2. The minimum atomic E-state index is -0.562. The summed E-state index contributed by atoms with van der Waals surface area (Å²) in [6, 6.07) is 28.2. The number of aromatic amines is 1. The molecule has 214 valence electrons. The SMILES string of the molecule is COC(COCc1ccccc1)C(Cc1ccccn1)NC(=O)c1cccc(F)c1-c1cc(-c2ccc(Cl)cc2)[nH]n1. The van der Waals surface area contributed by atoms with E-state index in [0.29, 0.717) is 29.4 Å². The van der Waals surface area contributed by atoms with E-state index >= 15 is 4.39 Å². The number of carbonyl (C=O) groups excluding carboxylic acids is 1. The summed E-state index contributed by atoms with van der Waals surface area (Å²) in [5.41, 5.74) is 3.84. The minimum absolute atomic E-state index is 0.0948. The van der Waals surface area contributed by atoms with E-state index in [-0.39, 0.29) is 17.7 Å². The highest BCUT2D eigenvalue weighted by atomic mass is 35.5. The highest BCUT2D eigenvalue weighted by Crippen LogP contribution is 2.29. The molecule has 2 aromatic heterocycles. The van der Waals surface area contributed by atoms with Crippen LogP contribution in [-0.2, 0) is 22.5 Å². The summed E-state index contributed by atoms with van der Waals surface area (Å²) >= 11 is 6.02. The number of pyridine rings is 1. The van der Waals surface area contributed by atoms with E-state index in [9.17, 15) is 4.79 Å². The number of ether oxygens (including phenoxy) is 2. The standard InChI is InChI=1S/C33H30ClFN4O3/c1-41-31(21-42-20-22-8-3-2-4-9-22)29(18-25-10-5-6-17-36-25)37-33(40)26-11-7-12-27(35)32(26)30-19-28(38-39-30)23-13-15-24(34)16-14-23/h2-17,19,29,31H,18,20-21H2,1H3,(H,37,40)(H,38,39). The van der Waals surface area contributed by atoms with Crippen LogP contribution >= 0.6 is 11.6 Å². The smallest absolute Gasteiger partial charge is 0.252 e. The lowest BCUT2D eigenvalue weighted by Crippen LogP contribution is -2.48. The zero-order valence-corrected chi connectivity index (χ0v) is 23.7. The molecule has 1 amide bonds. The van der Waals surface area contributed by atoms with Gasteiger partial charge in [-0.05, 0) is 53.6 Å². The first-order valence-electron chi connectivity index (χ1n) is 13.5. The number of hydrogen-bond acceptors (Lipinski definition) is 5. The molecule has 2 heterocycles. The van der Waals surface area contributed by atoms with Crippen molar-refractivity contribution < 1.29 is 18.7 Å². The highest BCUT2D eigenvalue weighted by molar-refractivity contribution is 6.30. The third-order valence-electron chi connectivity index (χ3n) is 6.86. The van der Waals surface area contributed by atoms with Crippen molar-refractivity contribution in [2.45, 2.75) is 25.2 Å². The second kappa shape index (κ2) is 14.0. The number of methoxy groups -OCH3 is 1. The van der Waals surface area contributed by atoms with Crippen molar-refractivity contribution in [2.24, 2.45) is 0 Å². The molecule has 0 aliphatic heterocycles. The molecule has 0 saturated carbocycles. The van der Waals surface area contributed by atoms with Gasteiger partial charge in [-0.2, -0.15) is 5.10 Å². The number of amides is 1. The molecular weight excluding hydrogens is 555 g/mol. The van der Waals surface area contributed by atoms with E-state index in [1.54, 1.807) is 37.6 Å². The largest absolute Gasteiger partial charge is 0.377 e. The molecule has 42 heavy (non-hydrogen) atoms. The van der Waals surface area contributed by atoms with Crippen LogP contribution in [0.2, 0.25) is 5.02 Å². The zero-order valence-electron chi connectivity index (χ0n) is 23.0. The number of carbonyl (C=O) groups is 1. The van der Waals surface area contributed by atoms with Gasteiger partial charge in [-0.15, -0.1) is 0 Å². The summed E-state index contributed by atoms with van der Waals surface area (Å²) in [4.78, 5) is 18.2. The van der Waals surface area contributed by atoms with Crippen LogP contribution in [0.4, 0.5) is 4.39 Å². The average molecular weight is 585 g/mol. The molecule has 0 aliphatic carbocycles. The predicted molar refractivity (Wildman–Crippen MR) is 161 cm³/mol. The molecule has 0 bridgehead atoms. The van der Waals surface area contributed by atoms with Gasteiger partial charge in [-0.1, -0.05) is 66.2 Å². The molecule has 5 rings (SSSR count). The quantitative estimate of drug-likeness (QED) is 0.175. The van der Waals surface area contributed by atoms with E-state index < -0.39 is 23.9 Å². The first-order valence-corrected chi connectivity index (χ1v) is 13.8. The Bertz CT molecular complexity index is 1600. The lowest BCUT2D eigenvalue weighted by Gasteiger charge is -2.27. The molecule has 5 aromatic rings. The van der Waals surface area contributed by atoms with Crippen LogP contribution < -0.4 is 5.32 Å². The van der Waals surface area contributed by atoms with Crippen molar-refractivity contribution in [2.75, 3.05) is 13.7 Å². The van der Waals surface area contributed by atoms with Gasteiger partial charge in [-0.25, -0.2) is 4.39 Å². The zero-order chi connectivity index (χ0) is 29.3. The van der Waals surface area contributed by atoms with Gasteiger partial charge in [0, 0.05) is 30.4 Å². The van der Waals surface area contributed by atoms with E-state index in [1.807, 2.05) is 60.7 Å². The first kappa shape index (κ1) is 29.1. The van der Waals surface area contributed by atoms with Gasteiger partial charge in [0.2, 0.25) is 0 Å². The Balaban J connectivity index is 1.39. The van der Waals surface area contributed by atoms with Gasteiger partial charge in [0.15, 0.2) is 0 Å². The van der Waals surface area contributed by atoms with Crippen LogP contribution in [0.1, 0.15) is 21.6 Å². The lowest BCUT2D eigenvalue weighted by molar-refractivity contribution is -0.0162. The minimum Gasteiger partial charge on any atom is -0.377 e. The van der Waals surface area contributed by atoms with Gasteiger partial charge in [0.05, 0.1) is 41.8 Å². The summed E-state index contributed by atoms with van der Waals surface area (Å²) < 4.78 is 27.0. The molecule has 9 heteroatoms. The summed E-state index contributed by atoms with van der Waals surface area (Å²) in [5, 5.41) is 10.9. The molecule has 2 atom stereocenters. The number of aromatic nitrogens is 3. The summed E-state index contributed by atoms with van der Waals surface area (Å²) in [6.07, 6.45) is 1.58. The number of nitrogens with one attached hydrogen (secondary N) is 2. The summed E-state index contributed by atoms with van der Waals surface area (Å²) in [5.74, 6) is -1.03. The Hall–Kier alpha value is -4.37. The molecule has 0 aliphatic rings. The molecular formula is C33H30ClFN4O3. The molecule has 0 fully saturated rings. The fraction of sp³-hybridized carbons (Fsp3) is 0.182. The van der Waals surface area contributed by atoms with Crippen LogP contribution in [0.3, 0.4) is 0 Å². The van der Waals surface area contributed by atoms with Gasteiger partial charge in [0.1, 0.15) is 11.9 Å². The number of hydrogen-bond donors (Lipinski definition) is 2. The van der Waals surface area contributed by atoms with Crippen LogP contribution in [0.25, 0.3) is 22.5 Å². The molecule has 0 saturated heterocycles. The van der Waals surface area contributed by atoms with Crippen molar-refractivity contribution >= 4 is 17.5 Å². The number of rotatable bonds is 12. The van der Waals surface area contributed by atoms with Gasteiger partial charge in [-0.3, -0.25) is 14.9 Å². The number of halogens is 2. The van der Waals surface area contributed by atoms with Crippen LogP contribution in [0.5, 0.6) is 0 Å². The Morgan fingerprint density at radius 1 is 1.00 bits per heavy atom. The van der Waals surface area contributed by atoms with E-state index in [2.05, 4.69) is 20.5 Å². The summed E-state index contributed by atoms with van der Waals surface area (Å²) in [7, 11) is 1.57. The van der Waals surface area contributed by atoms with Crippen LogP contribution in [0, 0.1) is 5.82 Å². The maximum atomic E-state index is 15.3. The van der Waals surface area contributed by atoms with Gasteiger partial charge >= 0.3 is 0 Å². The molecule has 0 radical (unpaired) electrons. The normalized spacial score (nSPS) is 12.5. The first-order chi connectivity index (χ1) is 20.5. The fourth-order valence-corrected chi connectivity index (χ4v) is 4.81. The van der Waals surface area contributed by atoms with Crippen molar-refractivity contribution in [3.05, 3.63) is 131 Å². The second-order valence-electron chi connectivity index (χ2n) is 9.72. The third-order valence-corrected chi connectivity index (χ3v) is 7.12. The lowest BCUT2D eigenvalue weighted by atomic mass is 10.00. The maximum Gasteiger partial charge on any atom is 0.252 e. The van der Waals surface area contributed by atoms with Gasteiger partial charge in [0.25, 0.3) is 5.91 Å². The Kier molecular flexibility index (Phi) is 9.71. The Morgan fingerprint density at radius 3 is 2.52 bits per heavy atom. The number of benzene rings is 3. The van der Waals surface area contributed by atoms with Crippen molar-refractivity contribution in [1.82, 2.24) is 20.5 Å². The Morgan fingerprint density at radius 2 is 1.79 bits per heavy atom. The molecule has 7 nitrogen and oxygen atoms in total.